The third-order valence-electron chi connectivity index (χ3n) is 3.65. The Morgan fingerprint density at radius 1 is 1.30 bits per heavy atom. The maximum Gasteiger partial charge on any atom is 0.268 e. The van der Waals surface area contributed by atoms with Crippen molar-refractivity contribution in [3.05, 3.63) is 57.6 Å². The van der Waals surface area contributed by atoms with Gasteiger partial charge in [0.25, 0.3) is 5.91 Å². The van der Waals surface area contributed by atoms with Gasteiger partial charge in [-0.25, -0.2) is 0 Å². The molecule has 3 rings (SSSR count). The van der Waals surface area contributed by atoms with Gasteiger partial charge in [-0.15, -0.1) is 11.3 Å². The second-order valence-electron chi connectivity index (χ2n) is 5.94. The van der Waals surface area contributed by atoms with E-state index >= 15 is 0 Å². The summed E-state index contributed by atoms with van der Waals surface area (Å²) in [5.41, 5.74) is 2.77. The normalized spacial score (nSPS) is 11.3. The van der Waals surface area contributed by atoms with Crippen molar-refractivity contribution in [1.82, 2.24) is 9.88 Å². The number of amides is 1. The first kappa shape index (κ1) is 16.1. The van der Waals surface area contributed by atoms with Gasteiger partial charge >= 0.3 is 0 Å². The monoisotopic (exact) mass is 346 g/mol. The predicted octanol–water partition coefficient (Wildman–Crippen LogP) is 4.85. The molecule has 0 aliphatic carbocycles. The molecule has 0 aliphatic heterocycles. The highest BCUT2D eigenvalue weighted by Crippen LogP contribution is 2.30. The number of halogens is 1. The molecule has 3 nitrogen and oxygen atoms in total. The maximum atomic E-state index is 12.5. The van der Waals surface area contributed by atoms with Crippen molar-refractivity contribution in [2.75, 3.05) is 0 Å². The van der Waals surface area contributed by atoms with Crippen LogP contribution in [0.3, 0.4) is 0 Å². The molecule has 0 aliphatic rings. The Labute approximate surface area is 144 Å². The number of hydrogen-bond donors (Lipinski definition) is 1. The number of rotatable bonds is 4. The van der Waals surface area contributed by atoms with E-state index < -0.39 is 0 Å². The first-order valence-electron chi connectivity index (χ1n) is 7.59. The Morgan fingerprint density at radius 3 is 2.74 bits per heavy atom. The Bertz CT molecular complexity index is 863. The van der Waals surface area contributed by atoms with Gasteiger partial charge in [-0.05, 0) is 44.5 Å². The minimum absolute atomic E-state index is 0.0480. The van der Waals surface area contributed by atoms with Gasteiger partial charge in [0.05, 0.1) is 10.2 Å². The molecule has 1 amide bonds. The van der Waals surface area contributed by atoms with E-state index in [0.717, 1.165) is 20.8 Å². The van der Waals surface area contributed by atoms with Gasteiger partial charge in [0.2, 0.25) is 0 Å². The molecular formula is C18H19ClN2OS. The summed E-state index contributed by atoms with van der Waals surface area (Å²) < 4.78 is 3.18. The third-order valence-corrected chi connectivity index (χ3v) is 5.01. The number of hydrogen-bond acceptors (Lipinski definition) is 2. The van der Waals surface area contributed by atoms with Gasteiger partial charge in [0.1, 0.15) is 5.69 Å². The van der Waals surface area contributed by atoms with E-state index in [1.54, 1.807) is 11.3 Å². The smallest absolute Gasteiger partial charge is 0.268 e. The van der Waals surface area contributed by atoms with Crippen molar-refractivity contribution in [2.45, 2.75) is 33.4 Å². The van der Waals surface area contributed by atoms with Gasteiger partial charge in [-0.1, -0.05) is 29.8 Å². The Balaban J connectivity index is 2.08. The number of nitrogens with one attached hydrogen (secondary N) is 1. The van der Waals surface area contributed by atoms with E-state index in [9.17, 15) is 4.79 Å². The van der Waals surface area contributed by atoms with E-state index in [4.69, 9.17) is 11.6 Å². The first-order chi connectivity index (χ1) is 11.0. The number of aryl methyl sites for hydroxylation is 1. The molecule has 1 N–H and O–H groups in total. The average Bonchev–Trinajstić information content (AvgIpc) is 2.98. The maximum absolute atomic E-state index is 12.5. The third kappa shape index (κ3) is 3.28. The van der Waals surface area contributed by atoms with Crippen LogP contribution in [0, 0.1) is 6.92 Å². The van der Waals surface area contributed by atoms with Crippen LogP contribution in [0.15, 0.2) is 36.4 Å². The molecule has 5 heteroatoms. The fourth-order valence-electron chi connectivity index (χ4n) is 2.66. The molecule has 0 saturated carbocycles. The molecular weight excluding hydrogens is 328 g/mol. The molecule has 0 bridgehead atoms. The summed E-state index contributed by atoms with van der Waals surface area (Å²) in [6.07, 6.45) is 0. The number of benzene rings is 1. The highest BCUT2D eigenvalue weighted by molar-refractivity contribution is 7.19. The zero-order chi connectivity index (χ0) is 16.6. The van der Waals surface area contributed by atoms with Crippen molar-refractivity contribution >= 4 is 39.1 Å². The summed E-state index contributed by atoms with van der Waals surface area (Å²) in [6, 6.07) is 12.0. The van der Waals surface area contributed by atoms with Crippen molar-refractivity contribution in [2.24, 2.45) is 0 Å². The largest absolute Gasteiger partial charge is 0.349 e. The molecule has 0 spiro atoms. The molecule has 23 heavy (non-hydrogen) atoms. The zero-order valence-corrected chi connectivity index (χ0v) is 15.0. The van der Waals surface area contributed by atoms with E-state index in [2.05, 4.69) is 22.9 Å². The number of carbonyl (C=O) groups is 1. The fraction of sp³-hybridized carbons (Fsp3) is 0.278. The van der Waals surface area contributed by atoms with Gasteiger partial charge < -0.3 is 9.88 Å². The van der Waals surface area contributed by atoms with E-state index in [0.29, 0.717) is 12.2 Å². The summed E-state index contributed by atoms with van der Waals surface area (Å²) in [7, 11) is 0. The molecule has 2 heterocycles. The number of carbonyl (C=O) groups excluding carboxylic acids is 1. The molecule has 0 unspecified atom stereocenters. The Hall–Kier alpha value is -1.78. The molecule has 120 valence electrons. The first-order valence-corrected chi connectivity index (χ1v) is 8.79. The lowest BCUT2D eigenvalue weighted by molar-refractivity contribution is 0.0934. The molecule has 3 aromatic rings. The summed E-state index contributed by atoms with van der Waals surface area (Å²) in [5.74, 6) is -0.0480. The Morgan fingerprint density at radius 2 is 2.04 bits per heavy atom. The van der Waals surface area contributed by atoms with Crippen molar-refractivity contribution in [3.63, 3.8) is 0 Å². The van der Waals surface area contributed by atoms with Crippen molar-refractivity contribution < 1.29 is 4.79 Å². The summed E-state index contributed by atoms with van der Waals surface area (Å²) in [5, 5.41) is 3.70. The standard InChI is InChI=1S/C18H19ClN2OS/c1-11(2)20-18(22)16-9-17-15(8-12(3)23-17)21(16)10-13-6-4-5-7-14(13)19/h4-9,11H,10H2,1-3H3,(H,20,22). The van der Waals surface area contributed by atoms with E-state index in [-0.39, 0.29) is 11.9 Å². The van der Waals surface area contributed by atoms with Crippen LogP contribution in [-0.4, -0.2) is 16.5 Å². The second-order valence-corrected chi connectivity index (χ2v) is 7.64. The van der Waals surface area contributed by atoms with Gasteiger partial charge in [-0.2, -0.15) is 0 Å². The van der Waals surface area contributed by atoms with Crippen LogP contribution in [0.1, 0.15) is 34.8 Å². The molecule has 0 saturated heterocycles. The van der Waals surface area contributed by atoms with Crippen molar-refractivity contribution in [1.29, 1.82) is 0 Å². The van der Waals surface area contributed by atoms with E-state index in [1.807, 2.05) is 44.2 Å². The van der Waals surface area contributed by atoms with Crippen molar-refractivity contribution in [3.8, 4) is 0 Å². The number of nitrogens with zero attached hydrogens (tertiary/aromatic N) is 1. The Kier molecular flexibility index (Phi) is 4.46. The van der Waals surface area contributed by atoms with Gasteiger partial charge in [0.15, 0.2) is 0 Å². The average molecular weight is 347 g/mol. The minimum Gasteiger partial charge on any atom is -0.349 e. The lowest BCUT2D eigenvalue weighted by atomic mass is 10.2. The summed E-state index contributed by atoms with van der Waals surface area (Å²) in [4.78, 5) is 13.8. The van der Waals surface area contributed by atoms with Crippen LogP contribution in [-0.2, 0) is 6.54 Å². The van der Waals surface area contributed by atoms with Gasteiger partial charge in [-0.3, -0.25) is 4.79 Å². The lowest BCUT2D eigenvalue weighted by Crippen LogP contribution is -2.31. The predicted molar refractivity (Wildman–Crippen MR) is 97.7 cm³/mol. The molecule has 2 aromatic heterocycles. The van der Waals surface area contributed by atoms with Crippen LogP contribution in [0.2, 0.25) is 5.02 Å². The van der Waals surface area contributed by atoms with Gasteiger partial charge in [0, 0.05) is 22.5 Å². The second kappa shape index (κ2) is 6.38. The molecule has 0 atom stereocenters. The highest BCUT2D eigenvalue weighted by atomic mass is 35.5. The minimum atomic E-state index is -0.0480. The lowest BCUT2D eigenvalue weighted by Gasteiger charge is -2.13. The van der Waals surface area contributed by atoms with Crippen LogP contribution in [0.25, 0.3) is 10.2 Å². The molecule has 1 aromatic carbocycles. The zero-order valence-electron chi connectivity index (χ0n) is 13.4. The summed E-state index contributed by atoms with van der Waals surface area (Å²) in [6.45, 7) is 6.59. The van der Waals surface area contributed by atoms with Crippen LogP contribution in [0.5, 0.6) is 0 Å². The van der Waals surface area contributed by atoms with Crippen LogP contribution < -0.4 is 5.32 Å². The molecule has 0 fully saturated rings. The quantitative estimate of drug-likeness (QED) is 0.719. The highest BCUT2D eigenvalue weighted by Gasteiger charge is 2.18. The number of thiophene rings is 1. The number of aromatic nitrogens is 1. The topological polar surface area (TPSA) is 34.0 Å². The fourth-order valence-corrected chi connectivity index (χ4v) is 3.81. The van der Waals surface area contributed by atoms with E-state index in [1.165, 1.54) is 4.88 Å². The summed E-state index contributed by atoms with van der Waals surface area (Å²) >= 11 is 8.01. The van der Waals surface area contributed by atoms with Crippen LogP contribution >= 0.6 is 22.9 Å². The van der Waals surface area contributed by atoms with Crippen LogP contribution in [0.4, 0.5) is 0 Å². The number of fused-ring (bicyclic) bond motifs is 1. The SMILES string of the molecule is Cc1cc2c(cc(C(=O)NC(C)C)n2Cc2ccccc2Cl)s1. The molecule has 0 radical (unpaired) electrons.